The number of carbonyl (C=O) groups is 1. The number of rotatable bonds is 4. The SMILES string of the molecule is Cc1ccc(S(=O)(=O)N2CCCC(Cc3ccccc3)(C(F)(F)F)C2=O)cc1. The highest BCUT2D eigenvalue weighted by atomic mass is 32.2. The molecular weight excluding hydrogens is 391 g/mol. The third kappa shape index (κ3) is 3.53. The standard InChI is InChI=1S/C20H20F3NO3S/c1-15-8-10-17(11-9-15)28(26,27)24-13-5-12-19(18(24)25,20(21,22)23)14-16-6-3-2-4-7-16/h2-4,6-11H,5,12-14H2,1H3. The average Bonchev–Trinajstić information content (AvgIpc) is 2.63. The lowest BCUT2D eigenvalue weighted by atomic mass is 9.74. The number of amides is 1. The molecule has 1 unspecified atom stereocenters. The molecule has 0 aliphatic carbocycles. The Balaban J connectivity index is 2.04. The van der Waals surface area contributed by atoms with Gasteiger partial charge < -0.3 is 0 Å². The van der Waals surface area contributed by atoms with E-state index in [1.807, 2.05) is 0 Å². The molecular formula is C20H20F3NO3S. The van der Waals surface area contributed by atoms with Gasteiger partial charge in [0, 0.05) is 6.54 Å². The van der Waals surface area contributed by atoms with Gasteiger partial charge in [0.15, 0.2) is 0 Å². The average molecular weight is 411 g/mol. The topological polar surface area (TPSA) is 54.5 Å². The molecule has 0 N–H and O–H groups in total. The molecule has 2 aromatic rings. The zero-order valence-electron chi connectivity index (χ0n) is 15.2. The van der Waals surface area contributed by atoms with Crippen molar-refractivity contribution < 1.29 is 26.4 Å². The molecule has 4 nitrogen and oxygen atoms in total. The van der Waals surface area contributed by atoms with Gasteiger partial charge in [-0.1, -0.05) is 48.0 Å². The minimum atomic E-state index is -4.87. The quantitative estimate of drug-likeness (QED) is 0.761. The van der Waals surface area contributed by atoms with Crippen molar-refractivity contribution in [1.29, 1.82) is 0 Å². The summed E-state index contributed by atoms with van der Waals surface area (Å²) in [5.74, 6) is -1.41. The zero-order chi connectivity index (χ0) is 20.6. The maximum Gasteiger partial charge on any atom is 0.403 e. The van der Waals surface area contributed by atoms with Gasteiger partial charge in [-0.25, -0.2) is 12.7 Å². The van der Waals surface area contributed by atoms with Crippen LogP contribution in [-0.2, 0) is 21.2 Å². The summed E-state index contributed by atoms with van der Waals surface area (Å²) in [6.07, 6.45) is -5.95. The van der Waals surface area contributed by atoms with Gasteiger partial charge in [-0.15, -0.1) is 0 Å². The van der Waals surface area contributed by atoms with Crippen LogP contribution in [0.3, 0.4) is 0 Å². The van der Waals surface area contributed by atoms with E-state index in [0.717, 1.165) is 5.56 Å². The third-order valence-corrected chi connectivity index (χ3v) is 6.90. The molecule has 0 saturated carbocycles. The molecule has 1 aliphatic rings. The molecule has 0 radical (unpaired) electrons. The maximum atomic E-state index is 14.1. The Hall–Kier alpha value is -2.35. The van der Waals surface area contributed by atoms with Gasteiger partial charge in [-0.3, -0.25) is 4.79 Å². The van der Waals surface area contributed by atoms with Crippen LogP contribution in [0, 0.1) is 12.3 Å². The molecule has 1 amide bonds. The van der Waals surface area contributed by atoms with Crippen LogP contribution >= 0.6 is 0 Å². The number of piperidine rings is 1. The van der Waals surface area contributed by atoms with Crippen LogP contribution in [0.2, 0.25) is 0 Å². The van der Waals surface area contributed by atoms with Gasteiger partial charge in [0.05, 0.1) is 4.90 Å². The van der Waals surface area contributed by atoms with Crippen molar-refractivity contribution in [2.45, 2.75) is 37.3 Å². The number of carbonyl (C=O) groups excluding carboxylic acids is 1. The number of hydrogen-bond acceptors (Lipinski definition) is 3. The highest BCUT2D eigenvalue weighted by Gasteiger charge is 2.63. The summed E-state index contributed by atoms with van der Waals surface area (Å²) >= 11 is 0. The first-order valence-corrected chi connectivity index (χ1v) is 10.3. The highest BCUT2D eigenvalue weighted by molar-refractivity contribution is 7.89. The minimum Gasteiger partial charge on any atom is -0.273 e. The Labute approximate surface area is 162 Å². The van der Waals surface area contributed by atoms with Crippen molar-refractivity contribution in [2.75, 3.05) is 6.54 Å². The Morgan fingerprint density at radius 3 is 2.21 bits per heavy atom. The van der Waals surface area contributed by atoms with Gasteiger partial charge in [0.2, 0.25) is 0 Å². The van der Waals surface area contributed by atoms with E-state index < -0.39 is 40.4 Å². The van der Waals surface area contributed by atoms with E-state index in [1.165, 1.54) is 24.3 Å². The van der Waals surface area contributed by atoms with Crippen LogP contribution in [-0.4, -0.2) is 31.4 Å². The molecule has 1 fully saturated rings. The van der Waals surface area contributed by atoms with Crippen LogP contribution in [0.25, 0.3) is 0 Å². The molecule has 1 heterocycles. The van der Waals surface area contributed by atoms with Crippen LogP contribution in [0.1, 0.15) is 24.0 Å². The number of halogens is 3. The van der Waals surface area contributed by atoms with Crippen LogP contribution in [0.4, 0.5) is 13.2 Å². The van der Waals surface area contributed by atoms with Crippen LogP contribution < -0.4 is 0 Å². The molecule has 28 heavy (non-hydrogen) atoms. The van der Waals surface area contributed by atoms with Crippen molar-refractivity contribution in [3.8, 4) is 0 Å². The molecule has 0 bridgehead atoms. The lowest BCUT2D eigenvalue weighted by Crippen LogP contribution is -2.58. The molecule has 0 spiro atoms. The Morgan fingerprint density at radius 1 is 1.04 bits per heavy atom. The smallest absolute Gasteiger partial charge is 0.273 e. The van der Waals surface area contributed by atoms with Gasteiger partial charge in [0.1, 0.15) is 5.41 Å². The summed E-state index contributed by atoms with van der Waals surface area (Å²) in [7, 11) is -4.37. The maximum absolute atomic E-state index is 14.1. The summed E-state index contributed by atoms with van der Waals surface area (Å²) in [4.78, 5) is 12.8. The first-order valence-electron chi connectivity index (χ1n) is 8.82. The molecule has 3 rings (SSSR count). The molecule has 150 valence electrons. The van der Waals surface area contributed by atoms with Gasteiger partial charge in [-0.2, -0.15) is 13.2 Å². The fraction of sp³-hybridized carbons (Fsp3) is 0.350. The van der Waals surface area contributed by atoms with Gasteiger partial charge in [-0.05, 0) is 43.9 Å². The van der Waals surface area contributed by atoms with E-state index in [-0.39, 0.29) is 17.9 Å². The zero-order valence-corrected chi connectivity index (χ0v) is 16.1. The van der Waals surface area contributed by atoms with Crippen LogP contribution in [0.15, 0.2) is 59.5 Å². The van der Waals surface area contributed by atoms with Crippen molar-refractivity contribution in [3.05, 3.63) is 65.7 Å². The summed E-state index contributed by atoms with van der Waals surface area (Å²) in [5, 5.41) is 0. The molecule has 1 aliphatic heterocycles. The second kappa shape index (κ2) is 7.24. The summed E-state index contributed by atoms with van der Waals surface area (Å²) in [6, 6.07) is 13.6. The summed E-state index contributed by atoms with van der Waals surface area (Å²) < 4.78 is 68.5. The normalized spacial score (nSPS) is 21.0. The predicted octanol–water partition coefficient (Wildman–Crippen LogP) is 4.10. The van der Waals surface area contributed by atoms with Gasteiger partial charge >= 0.3 is 6.18 Å². The second-order valence-electron chi connectivity index (χ2n) is 7.04. The number of sulfonamides is 1. The minimum absolute atomic E-state index is 0.0524. The second-order valence-corrected chi connectivity index (χ2v) is 8.90. The van der Waals surface area contributed by atoms with E-state index in [9.17, 15) is 26.4 Å². The van der Waals surface area contributed by atoms with Crippen molar-refractivity contribution in [3.63, 3.8) is 0 Å². The number of benzene rings is 2. The number of alkyl halides is 3. The lowest BCUT2D eigenvalue weighted by molar-refractivity contribution is -0.231. The van der Waals surface area contributed by atoms with E-state index >= 15 is 0 Å². The lowest BCUT2D eigenvalue weighted by Gasteiger charge is -2.42. The Kier molecular flexibility index (Phi) is 5.27. The monoisotopic (exact) mass is 411 g/mol. The van der Waals surface area contributed by atoms with Crippen molar-refractivity contribution in [1.82, 2.24) is 4.31 Å². The highest BCUT2D eigenvalue weighted by Crippen LogP contribution is 2.49. The third-order valence-electron chi connectivity index (χ3n) is 5.10. The van der Waals surface area contributed by atoms with E-state index in [0.29, 0.717) is 9.87 Å². The number of nitrogens with zero attached hydrogens (tertiary/aromatic N) is 1. The fourth-order valence-electron chi connectivity index (χ4n) is 3.51. The van der Waals surface area contributed by atoms with E-state index in [1.54, 1.807) is 37.3 Å². The first kappa shape index (κ1) is 20.4. The van der Waals surface area contributed by atoms with Gasteiger partial charge in [0.25, 0.3) is 15.9 Å². The Morgan fingerprint density at radius 2 is 1.64 bits per heavy atom. The molecule has 1 saturated heterocycles. The predicted molar refractivity (Wildman–Crippen MR) is 97.9 cm³/mol. The van der Waals surface area contributed by atoms with Crippen LogP contribution in [0.5, 0.6) is 0 Å². The van der Waals surface area contributed by atoms with Crippen molar-refractivity contribution in [2.24, 2.45) is 5.41 Å². The molecule has 2 aromatic carbocycles. The number of aryl methyl sites for hydroxylation is 1. The summed E-state index contributed by atoms with van der Waals surface area (Å²) in [6.45, 7) is 1.50. The fourth-order valence-corrected chi connectivity index (χ4v) is 5.01. The van der Waals surface area contributed by atoms with E-state index in [2.05, 4.69) is 0 Å². The summed E-state index contributed by atoms with van der Waals surface area (Å²) in [5.41, 5.74) is -1.62. The largest absolute Gasteiger partial charge is 0.403 e. The molecule has 1 atom stereocenters. The first-order chi connectivity index (χ1) is 13.1. The number of hydrogen-bond donors (Lipinski definition) is 0. The van der Waals surface area contributed by atoms with Crippen molar-refractivity contribution >= 4 is 15.9 Å². The molecule has 8 heteroatoms. The van der Waals surface area contributed by atoms with E-state index in [4.69, 9.17) is 0 Å². The Bertz CT molecular complexity index is 956. The molecule has 0 aromatic heterocycles.